The first-order valence-corrected chi connectivity index (χ1v) is 12.8. The molecule has 0 radical (unpaired) electrons. The third-order valence-electron chi connectivity index (χ3n) is 7.04. The summed E-state index contributed by atoms with van der Waals surface area (Å²) in [6.07, 6.45) is 4.14. The van der Waals surface area contributed by atoms with Gasteiger partial charge in [-0.2, -0.15) is 0 Å². The number of Topliss-reactive ketones (excluding diaryl/α,β-unsaturated/α-hetero) is 1. The average molecular weight is 516 g/mol. The summed E-state index contributed by atoms with van der Waals surface area (Å²) in [6.45, 7) is 2.21. The van der Waals surface area contributed by atoms with Gasteiger partial charge >= 0.3 is 6.09 Å². The molecule has 2 fully saturated rings. The lowest BCUT2D eigenvalue weighted by Crippen LogP contribution is -2.53. The van der Waals surface area contributed by atoms with Gasteiger partial charge < -0.3 is 19.9 Å². The number of ether oxygens (including phenoxy) is 1. The van der Waals surface area contributed by atoms with Crippen molar-refractivity contribution in [3.63, 3.8) is 0 Å². The van der Waals surface area contributed by atoms with Crippen LogP contribution >= 0.6 is 0 Å². The van der Waals surface area contributed by atoms with Crippen LogP contribution < -0.4 is 10.1 Å². The number of amides is 3. The van der Waals surface area contributed by atoms with Gasteiger partial charge in [0.25, 0.3) is 0 Å². The average Bonchev–Trinajstić information content (AvgIpc) is 3.50. The predicted octanol–water partition coefficient (Wildman–Crippen LogP) is 2.51. The van der Waals surface area contributed by atoms with Gasteiger partial charge in [0.05, 0.1) is 24.5 Å². The minimum Gasteiger partial charge on any atom is -0.391 e. The molecule has 3 atom stereocenters. The highest BCUT2D eigenvalue weighted by atomic mass is 16.6. The quantitative estimate of drug-likeness (QED) is 0.513. The second kappa shape index (κ2) is 11.0. The van der Waals surface area contributed by atoms with Gasteiger partial charge in [0.15, 0.2) is 5.78 Å². The molecule has 0 bridgehead atoms. The highest BCUT2D eigenvalue weighted by molar-refractivity contribution is 5.99. The van der Waals surface area contributed by atoms with Crippen LogP contribution in [0.5, 0.6) is 5.88 Å². The molecule has 4 heterocycles. The molecule has 3 amide bonds. The van der Waals surface area contributed by atoms with Crippen LogP contribution in [-0.4, -0.2) is 74.7 Å². The SMILES string of the molecule is CCCC(NC(=O)Oc1ccc2ccccc2n1)C(=O)N1CCC2C1C(=O)CN2C(=O)Cc1cccnc1. The third kappa shape index (κ3) is 5.20. The van der Waals surface area contributed by atoms with E-state index in [1.165, 1.54) is 4.90 Å². The van der Waals surface area contributed by atoms with E-state index in [-0.39, 0.29) is 42.5 Å². The summed E-state index contributed by atoms with van der Waals surface area (Å²) in [5, 5.41) is 3.58. The van der Waals surface area contributed by atoms with Crippen LogP contribution in [0.4, 0.5) is 4.79 Å². The molecule has 3 unspecified atom stereocenters. The van der Waals surface area contributed by atoms with Gasteiger partial charge in [-0.25, -0.2) is 9.78 Å². The summed E-state index contributed by atoms with van der Waals surface area (Å²) in [6, 6.07) is 12.5. The van der Waals surface area contributed by atoms with Crippen molar-refractivity contribution in [3.8, 4) is 5.88 Å². The van der Waals surface area contributed by atoms with Crippen molar-refractivity contribution in [3.05, 3.63) is 66.5 Å². The Morgan fingerprint density at radius 2 is 1.95 bits per heavy atom. The monoisotopic (exact) mass is 515 g/mol. The Hall–Kier alpha value is -4.34. The summed E-state index contributed by atoms with van der Waals surface area (Å²) in [5.41, 5.74) is 1.45. The van der Waals surface area contributed by atoms with Crippen molar-refractivity contribution in [1.82, 2.24) is 25.1 Å². The number of pyridine rings is 2. The molecule has 3 aromatic rings. The van der Waals surface area contributed by atoms with Gasteiger partial charge in [0.2, 0.25) is 17.7 Å². The van der Waals surface area contributed by atoms with Gasteiger partial charge in [0, 0.05) is 30.4 Å². The maximum absolute atomic E-state index is 13.5. The molecule has 0 spiro atoms. The van der Waals surface area contributed by atoms with Crippen molar-refractivity contribution < 1.29 is 23.9 Å². The van der Waals surface area contributed by atoms with Crippen LogP contribution in [0, 0.1) is 0 Å². The molecule has 0 saturated carbocycles. The number of nitrogens with zero attached hydrogens (tertiary/aromatic N) is 4. The Morgan fingerprint density at radius 3 is 2.74 bits per heavy atom. The van der Waals surface area contributed by atoms with Crippen LogP contribution in [0.2, 0.25) is 0 Å². The van der Waals surface area contributed by atoms with Crippen molar-refractivity contribution in [2.24, 2.45) is 0 Å². The fraction of sp³-hybridized carbons (Fsp3) is 0.357. The number of hydrogen-bond donors (Lipinski definition) is 1. The molecule has 2 saturated heterocycles. The number of carbonyl (C=O) groups excluding carboxylic acids is 4. The number of likely N-dealkylation sites (tertiary alicyclic amines) is 2. The number of hydrogen-bond acceptors (Lipinski definition) is 7. The number of nitrogens with one attached hydrogen (secondary N) is 1. The normalized spacial score (nSPS) is 19.3. The highest BCUT2D eigenvalue weighted by Crippen LogP contribution is 2.31. The molecular formula is C28H29N5O5. The maximum atomic E-state index is 13.5. The summed E-state index contributed by atoms with van der Waals surface area (Å²) in [4.78, 5) is 63.6. The molecule has 38 heavy (non-hydrogen) atoms. The van der Waals surface area contributed by atoms with Crippen LogP contribution in [0.3, 0.4) is 0 Å². The van der Waals surface area contributed by atoms with Crippen molar-refractivity contribution in [2.75, 3.05) is 13.1 Å². The summed E-state index contributed by atoms with van der Waals surface area (Å²) in [5.74, 6) is -0.557. The molecule has 2 aliphatic rings. The van der Waals surface area contributed by atoms with E-state index in [1.54, 1.807) is 35.5 Å². The molecule has 10 heteroatoms. The number of carbonyl (C=O) groups is 4. The molecule has 196 valence electrons. The molecule has 5 rings (SSSR count). The van der Waals surface area contributed by atoms with Crippen molar-refractivity contribution >= 4 is 34.6 Å². The molecule has 10 nitrogen and oxygen atoms in total. The Labute approximate surface area is 220 Å². The zero-order valence-corrected chi connectivity index (χ0v) is 21.1. The second-order valence-corrected chi connectivity index (χ2v) is 9.58. The largest absolute Gasteiger partial charge is 0.414 e. The lowest BCUT2D eigenvalue weighted by Gasteiger charge is -2.28. The van der Waals surface area contributed by atoms with E-state index < -0.39 is 18.2 Å². The van der Waals surface area contributed by atoms with E-state index >= 15 is 0 Å². The standard InChI is InChI=1S/C28H29N5O5/c1-2-6-21(31-28(37)38-24-11-10-19-8-3-4-9-20(19)30-24)27(36)32-14-12-22-26(32)23(34)17-33(22)25(35)15-18-7-5-13-29-16-18/h3-5,7-11,13,16,21-22,26H,2,6,12,14-15,17H2,1H3,(H,31,37). The Bertz CT molecular complexity index is 1360. The number of para-hydroxylation sites is 1. The highest BCUT2D eigenvalue weighted by Gasteiger charge is 2.52. The minimum atomic E-state index is -0.861. The van der Waals surface area contributed by atoms with E-state index in [1.807, 2.05) is 37.3 Å². The molecule has 2 aromatic heterocycles. The molecule has 1 aromatic carbocycles. The van der Waals surface area contributed by atoms with Gasteiger partial charge in [-0.05, 0) is 36.6 Å². The first-order chi connectivity index (χ1) is 18.4. The maximum Gasteiger partial charge on any atom is 0.414 e. The number of benzene rings is 1. The lowest BCUT2D eigenvalue weighted by atomic mass is 10.1. The summed E-state index contributed by atoms with van der Waals surface area (Å²) in [7, 11) is 0. The van der Waals surface area contributed by atoms with E-state index in [0.29, 0.717) is 31.3 Å². The summed E-state index contributed by atoms with van der Waals surface area (Å²) < 4.78 is 5.37. The number of ketones is 1. The molecule has 2 aliphatic heterocycles. The zero-order chi connectivity index (χ0) is 26.6. The van der Waals surface area contributed by atoms with Gasteiger partial charge in [-0.15, -0.1) is 0 Å². The van der Waals surface area contributed by atoms with E-state index in [9.17, 15) is 19.2 Å². The predicted molar refractivity (Wildman–Crippen MR) is 138 cm³/mol. The minimum absolute atomic E-state index is 0.0280. The van der Waals surface area contributed by atoms with Crippen molar-refractivity contribution in [2.45, 2.75) is 50.7 Å². The first kappa shape index (κ1) is 25.3. The van der Waals surface area contributed by atoms with E-state index in [2.05, 4.69) is 15.3 Å². The number of rotatable bonds is 7. The zero-order valence-electron chi connectivity index (χ0n) is 21.1. The van der Waals surface area contributed by atoms with E-state index in [4.69, 9.17) is 4.74 Å². The topological polar surface area (TPSA) is 122 Å². The van der Waals surface area contributed by atoms with Crippen molar-refractivity contribution in [1.29, 1.82) is 0 Å². The Balaban J connectivity index is 1.24. The van der Waals surface area contributed by atoms with Gasteiger partial charge in [-0.3, -0.25) is 19.4 Å². The Morgan fingerprint density at radius 1 is 1.11 bits per heavy atom. The number of aromatic nitrogens is 2. The van der Waals surface area contributed by atoms with Crippen LogP contribution in [0.1, 0.15) is 31.7 Å². The smallest absolute Gasteiger partial charge is 0.391 e. The molecular weight excluding hydrogens is 486 g/mol. The third-order valence-corrected chi connectivity index (χ3v) is 7.04. The first-order valence-electron chi connectivity index (χ1n) is 12.8. The molecule has 0 aliphatic carbocycles. The van der Waals surface area contributed by atoms with Crippen LogP contribution in [0.25, 0.3) is 10.9 Å². The fourth-order valence-electron chi connectivity index (χ4n) is 5.29. The fourth-order valence-corrected chi connectivity index (χ4v) is 5.29. The van der Waals surface area contributed by atoms with Crippen LogP contribution in [-0.2, 0) is 20.8 Å². The second-order valence-electron chi connectivity index (χ2n) is 9.58. The molecule has 1 N–H and O–H groups in total. The summed E-state index contributed by atoms with van der Waals surface area (Å²) >= 11 is 0. The van der Waals surface area contributed by atoms with Gasteiger partial charge in [-0.1, -0.05) is 37.6 Å². The number of fused-ring (bicyclic) bond motifs is 2. The Kier molecular flexibility index (Phi) is 7.30. The van der Waals surface area contributed by atoms with Crippen LogP contribution in [0.15, 0.2) is 60.9 Å². The van der Waals surface area contributed by atoms with Gasteiger partial charge in [0.1, 0.15) is 12.1 Å². The van der Waals surface area contributed by atoms with E-state index in [0.717, 1.165) is 10.9 Å². The lowest BCUT2D eigenvalue weighted by molar-refractivity contribution is -0.138.